The van der Waals surface area contributed by atoms with E-state index in [0.29, 0.717) is 9.79 Å². The molecule has 0 aromatic heterocycles. The average molecular weight is 647 g/mol. The van der Waals surface area contributed by atoms with Gasteiger partial charge < -0.3 is 9.80 Å². The first-order valence-electron chi connectivity index (χ1n) is 16.4. The molecule has 0 atom stereocenters. The van der Waals surface area contributed by atoms with Crippen LogP contribution >= 0.6 is 0 Å². The van der Waals surface area contributed by atoms with Crippen LogP contribution in [0.3, 0.4) is 0 Å². The van der Waals surface area contributed by atoms with Gasteiger partial charge in [0.25, 0.3) is 0 Å². The van der Waals surface area contributed by atoms with Crippen molar-refractivity contribution in [1.29, 1.82) is 0 Å². The summed E-state index contributed by atoms with van der Waals surface area (Å²) in [5.41, 5.74) is 12.3. The van der Waals surface area contributed by atoms with Crippen molar-refractivity contribution < 1.29 is 8.42 Å². The number of sulfone groups is 1. The molecule has 8 aromatic carbocycles. The maximum atomic E-state index is 14.1. The number of hydrogen-bond acceptors (Lipinski definition) is 4. The average Bonchev–Trinajstić information content (AvgIpc) is 3.37. The molecule has 0 fully saturated rings. The number of anilines is 6. The molecule has 0 amide bonds. The second-order valence-electron chi connectivity index (χ2n) is 12.9. The van der Waals surface area contributed by atoms with Crippen molar-refractivity contribution in [1.82, 2.24) is 0 Å². The van der Waals surface area contributed by atoms with Gasteiger partial charge in [-0.1, -0.05) is 97.1 Å². The maximum Gasteiger partial charge on any atom is 0.207 e. The van der Waals surface area contributed by atoms with E-state index in [-0.39, 0.29) is 0 Å². The highest BCUT2D eigenvalue weighted by Gasteiger charge is 2.36. The third-order valence-corrected chi connectivity index (χ3v) is 12.3. The smallest absolute Gasteiger partial charge is 0.207 e. The fourth-order valence-electron chi connectivity index (χ4n) is 8.39. The first-order chi connectivity index (χ1) is 24.1. The molecular weight excluding hydrogens is 621 g/mol. The summed E-state index contributed by atoms with van der Waals surface area (Å²) in [4.78, 5) is 5.24. The Morgan fingerprint density at radius 2 is 0.735 bits per heavy atom. The molecule has 0 aliphatic carbocycles. The van der Waals surface area contributed by atoms with Gasteiger partial charge in [-0.3, -0.25) is 0 Å². The van der Waals surface area contributed by atoms with E-state index in [0.717, 1.165) is 56.4 Å². The molecule has 5 heteroatoms. The van der Waals surface area contributed by atoms with Crippen molar-refractivity contribution >= 4 is 65.5 Å². The van der Waals surface area contributed by atoms with Gasteiger partial charge >= 0.3 is 0 Å². The van der Waals surface area contributed by atoms with Crippen molar-refractivity contribution in [2.75, 3.05) is 9.80 Å². The van der Waals surface area contributed by atoms with Crippen LogP contribution in [0.4, 0.5) is 34.1 Å². The summed E-state index contributed by atoms with van der Waals surface area (Å²) in [5, 5.41) is 4.73. The molecule has 11 rings (SSSR count). The van der Waals surface area contributed by atoms with Crippen molar-refractivity contribution in [3.05, 3.63) is 158 Å². The Morgan fingerprint density at radius 1 is 0.347 bits per heavy atom. The summed E-state index contributed by atoms with van der Waals surface area (Å²) in [5.74, 6) is 0. The van der Waals surface area contributed by atoms with E-state index in [1.165, 1.54) is 32.7 Å². The SMILES string of the molecule is O=S1(=O)c2ccc(N3c4ccccc4-c4cccc5cccc3c45)cc2-c2cc(N3c4ccccc4-c4cccc5cccc3c45)ccc21. The summed E-state index contributed by atoms with van der Waals surface area (Å²) in [6.07, 6.45) is 0. The molecule has 49 heavy (non-hydrogen) atoms. The van der Waals surface area contributed by atoms with Crippen molar-refractivity contribution in [3.63, 3.8) is 0 Å². The third kappa shape index (κ3) is 3.49. The van der Waals surface area contributed by atoms with Crippen LogP contribution in [0.5, 0.6) is 0 Å². The van der Waals surface area contributed by atoms with E-state index in [2.05, 4.69) is 143 Å². The van der Waals surface area contributed by atoms with Gasteiger partial charge in [0.2, 0.25) is 9.84 Å². The number of nitrogens with zero attached hydrogens (tertiary/aromatic N) is 2. The molecule has 0 N–H and O–H groups in total. The van der Waals surface area contributed by atoms with Gasteiger partial charge in [0.15, 0.2) is 0 Å². The zero-order chi connectivity index (χ0) is 32.4. The maximum absolute atomic E-state index is 14.1. The Balaban J connectivity index is 1.13. The lowest BCUT2D eigenvalue weighted by Gasteiger charge is -2.34. The van der Waals surface area contributed by atoms with E-state index in [9.17, 15) is 8.42 Å². The van der Waals surface area contributed by atoms with Gasteiger partial charge in [0.05, 0.1) is 32.5 Å². The fraction of sp³-hybridized carbons (Fsp3) is 0. The van der Waals surface area contributed by atoms with Crippen LogP contribution in [0.2, 0.25) is 0 Å². The van der Waals surface area contributed by atoms with E-state index < -0.39 is 9.84 Å². The Bertz CT molecular complexity index is 2670. The first-order valence-corrected chi connectivity index (χ1v) is 17.9. The predicted molar refractivity (Wildman–Crippen MR) is 200 cm³/mol. The lowest BCUT2D eigenvalue weighted by Crippen LogP contribution is -2.15. The molecule has 3 heterocycles. The third-order valence-electron chi connectivity index (χ3n) is 10.4. The monoisotopic (exact) mass is 646 g/mol. The molecular formula is C44H26N2O2S. The standard InChI is InChI=1S/C44H26N2O2S/c47-49(48)41-23-21-29(45-37-17-3-1-13-31(37)33-15-5-9-27-11-7-19-39(45)43(27)33)25-35(41)36-26-30(22-24-42(36)49)46-38-18-4-2-14-32(38)34-16-6-10-28-12-8-20-40(46)44(28)34/h1-26H. The minimum absolute atomic E-state index is 0.346. The molecule has 8 aromatic rings. The number of fused-ring (bicyclic) bond motifs is 7. The Morgan fingerprint density at radius 3 is 1.20 bits per heavy atom. The lowest BCUT2D eigenvalue weighted by molar-refractivity contribution is 0.598. The summed E-state index contributed by atoms with van der Waals surface area (Å²) in [6.45, 7) is 0. The number of para-hydroxylation sites is 2. The number of benzene rings is 8. The summed E-state index contributed by atoms with van der Waals surface area (Å²) in [7, 11) is -3.70. The van der Waals surface area contributed by atoms with Crippen LogP contribution < -0.4 is 9.80 Å². The normalized spacial score (nSPS) is 14.4. The van der Waals surface area contributed by atoms with Crippen LogP contribution in [0.15, 0.2) is 168 Å². The largest absolute Gasteiger partial charge is 0.309 e. The van der Waals surface area contributed by atoms with Crippen molar-refractivity contribution in [3.8, 4) is 33.4 Å². The molecule has 0 saturated carbocycles. The highest BCUT2D eigenvalue weighted by atomic mass is 32.2. The Labute approximate surface area is 283 Å². The van der Waals surface area contributed by atoms with Crippen molar-refractivity contribution in [2.45, 2.75) is 9.79 Å². The summed E-state index contributed by atoms with van der Waals surface area (Å²) >= 11 is 0. The highest BCUT2D eigenvalue weighted by molar-refractivity contribution is 7.92. The quantitative estimate of drug-likeness (QED) is 0.187. The topological polar surface area (TPSA) is 40.6 Å². The molecule has 0 unspecified atom stereocenters. The number of rotatable bonds is 2. The van der Waals surface area contributed by atoms with Gasteiger partial charge in [-0.15, -0.1) is 0 Å². The zero-order valence-corrected chi connectivity index (χ0v) is 26.9. The van der Waals surface area contributed by atoms with Crippen LogP contribution in [0.25, 0.3) is 54.9 Å². The van der Waals surface area contributed by atoms with Gasteiger partial charge in [0.1, 0.15) is 0 Å². The van der Waals surface area contributed by atoms with E-state index in [1.807, 2.05) is 12.1 Å². The highest BCUT2D eigenvalue weighted by Crippen LogP contribution is 2.55. The Hall–Kier alpha value is -6.17. The molecule has 3 aliphatic heterocycles. The predicted octanol–water partition coefficient (Wildman–Crippen LogP) is 11.7. The van der Waals surface area contributed by atoms with Gasteiger partial charge in [0, 0.05) is 44.4 Å². The summed E-state index contributed by atoms with van der Waals surface area (Å²) < 4.78 is 28.1. The minimum Gasteiger partial charge on any atom is -0.309 e. The zero-order valence-electron chi connectivity index (χ0n) is 26.1. The second-order valence-corrected chi connectivity index (χ2v) is 14.8. The first kappa shape index (κ1) is 26.9. The molecule has 4 nitrogen and oxygen atoms in total. The molecule has 0 spiro atoms. The molecule has 0 saturated heterocycles. The van der Waals surface area contributed by atoms with Crippen LogP contribution in [-0.4, -0.2) is 8.42 Å². The van der Waals surface area contributed by atoms with Gasteiger partial charge in [-0.2, -0.15) is 0 Å². The van der Waals surface area contributed by atoms with E-state index >= 15 is 0 Å². The number of hydrogen-bond donors (Lipinski definition) is 0. The molecule has 3 aliphatic rings. The lowest BCUT2D eigenvalue weighted by atomic mass is 9.90. The van der Waals surface area contributed by atoms with Crippen LogP contribution in [-0.2, 0) is 9.84 Å². The molecule has 0 radical (unpaired) electrons. The van der Waals surface area contributed by atoms with Gasteiger partial charge in [-0.25, -0.2) is 8.42 Å². The molecule has 0 bridgehead atoms. The fourth-order valence-corrected chi connectivity index (χ4v) is 10.0. The van der Waals surface area contributed by atoms with Crippen LogP contribution in [0, 0.1) is 0 Å². The van der Waals surface area contributed by atoms with E-state index in [4.69, 9.17) is 0 Å². The van der Waals surface area contributed by atoms with E-state index in [1.54, 1.807) is 12.1 Å². The van der Waals surface area contributed by atoms with Crippen LogP contribution in [0.1, 0.15) is 0 Å². The Kier molecular flexibility index (Phi) is 5.19. The minimum atomic E-state index is -3.70. The molecule has 230 valence electrons. The second kappa shape index (κ2) is 9.47. The van der Waals surface area contributed by atoms with Crippen molar-refractivity contribution in [2.24, 2.45) is 0 Å². The van der Waals surface area contributed by atoms with Gasteiger partial charge in [-0.05, 0) is 82.6 Å². The summed E-state index contributed by atoms with van der Waals surface area (Å²) in [6, 6.07) is 54.2.